The number of hydrogen-bond donors (Lipinski definition) is 2. The van der Waals surface area contributed by atoms with Crippen molar-refractivity contribution in [3.8, 4) is 0 Å². The lowest BCUT2D eigenvalue weighted by molar-refractivity contribution is -0.121. The number of rotatable bonds is 4. The zero-order chi connectivity index (χ0) is 15.6. The lowest BCUT2D eigenvalue weighted by Gasteiger charge is -2.19. The molecule has 21 heavy (non-hydrogen) atoms. The van der Waals surface area contributed by atoms with Crippen LogP contribution in [0.25, 0.3) is 10.1 Å². The molecule has 112 valence electrons. The molecule has 3 N–H and O–H groups in total. The number of aryl methyl sites for hydroxylation is 1. The Labute approximate surface area is 127 Å². The van der Waals surface area contributed by atoms with E-state index >= 15 is 0 Å². The van der Waals surface area contributed by atoms with Crippen LogP contribution in [0.2, 0.25) is 0 Å². The summed E-state index contributed by atoms with van der Waals surface area (Å²) in [5.74, 6) is -0.391. The fourth-order valence-electron chi connectivity index (χ4n) is 2.11. The molecule has 0 spiro atoms. The molecule has 0 fully saturated rings. The molecular formula is C15H19N3O2S. The summed E-state index contributed by atoms with van der Waals surface area (Å²) >= 11 is 1.37. The van der Waals surface area contributed by atoms with Crippen molar-refractivity contribution < 1.29 is 9.59 Å². The molecular weight excluding hydrogens is 286 g/mol. The Hall–Kier alpha value is -2.08. The summed E-state index contributed by atoms with van der Waals surface area (Å²) in [6, 6.07) is 5.94. The third-order valence-electron chi connectivity index (χ3n) is 3.36. The number of fused-ring (bicyclic) bond motifs is 1. The number of carbonyl (C=O) groups excluding carboxylic acids is 2. The highest BCUT2D eigenvalue weighted by Gasteiger charge is 2.22. The summed E-state index contributed by atoms with van der Waals surface area (Å²) in [6.07, 6.45) is 0. The SMILES string of the molecule is CCN(CC(=O)NC)C(=O)c1sc2ccc(C)cc2c1N. The summed E-state index contributed by atoms with van der Waals surface area (Å²) < 4.78 is 0.984. The van der Waals surface area contributed by atoms with Crippen LogP contribution in [0.5, 0.6) is 0 Å². The summed E-state index contributed by atoms with van der Waals surface area (Å²) in [7, 11) is 1.55. The first-order valence-electron chi connectivity index (χ1n) is 6.76. The topological polar surface area (TPSA) is 75.4 Å². The van der Waals surface area contributed by atoms with Crippen molar-refractivity contribution >= 4 is 38.9 Å². The molecule has 0 saturated carbocycles. The van der Waals surface area contributed by atoms with Gasteiger partial charge in [0.05, 0.1) is 12.2 Å². The van der Waals surface area contributed by atoms with Crippen molar-refractivity contribution in [2.45, 2.75) is 13.8 Å². The number of thiophene rings is 1. The Balaban J connectivity index is 2.38. The number of carbonyl (C=O) groups is 2. The van der Waals surface area contributed by atoms with Crippen molar-refractivity contribution in [2.75, 3.05) is 25.9 Å². The van der Waals surface area contributed by atoms with Gasteiger partial charge in [0.2, 0.25) is 5.91 Å². The van der Waals surface area contributed by atoms with Crippen molar-refractivity contribution in [2.24, 2.45) is 0 Å². The number of likely N-dealkylation sites (N-methyl/N-ethyl adjacent to an activating group) is 2. The summed E-state index contributed by atoms with van der Waals surface area (Å²) in [6.45, 7) is 4.33. The van der Waals surface area contributed by atoms with E-state index in [0.717, 1.165) is 15.6 Å². The molecule has 0 aliphatic rings. The minimum absolute atomic E-state index is 0.0402. The number of nitrogens with zero attached hydrogens (tertiary/aromatic N) is 1. The Morgan fingerprint density at radius 2 is 2.10 bits per heavy atom. The Morgan fingerprint density at radius 3 is 2.71 bits per heavy atom. The van der Waals surface area contributed by atoms with E-state index in [4.69, 9.17) is 5.73 Å². The second kappa shape index (κ2) is 6.13. The van der Waals surface area contributed by atoms with E-state index in [0.29, 0.717) is 17.1 Å². The fourth-order valence-corrected chi connectivity index (χ4v) is 3.18. The molecule has 0 unspecified atom stereocenters. The molecule has 1 aromatic heterocycles. The van der Waals surface area contributed by atoms with Gasteiger partial charge in [-0.15, -0.1) is 11.3 Å². The van der Waals surface area contributed by atoms with Crippen LogP contribution in [0, 0.1) is 6.92 Å². The van der Waals surface area contributed by atoms with Crippen LogP contribution in [-0.2, 0) is 4.79 Å². The lowest BCUT2D eigenvalue weighted by atomic mass is 10.1. The second-order valence-corrected chi connectivity index (χ2v) is 5.89. The second-order valence-electron chi connectivity index (χ2n) is 4.84. The van der Waals surface area contributed by atoms with Crippen molar-refractivity contribution in [1.29, 1.82) is 0 Å². The number of nitrogens with one attached hydrogen (secondary N) is 1. The Bertz CT molecular complexity index is 694. The van der Waals surface area contributed by atoms with Crippen LogP contribution >= 0.6 is 11.3 Å². The predicted octanol–water partition coefficient (Wildman–Crippen LogP) is 2.00. The summed E-state index contributed by atoms with van der Waals surface area (Å²) in [5, 5.41) is 3.43. The highest BCUT2D eigenvalue weighted by molar-refractivity contribution is 7.21. The monoisotopic (exact) mass is 305 g/mol. The minimum Gasteiger partial charge on any atom is -0.397 e. The molecule has 0 atom stereocenters. The van der Waals surface area contributed by atoms with Crippen LogP contribution in [0.15, 0.2) is 18.2 Å². The zero-order valence-corrected chi connectivity index (χ0v) is 13.2. The fraction of sp³-hybridized carbons (Fsp3) is 0.333. The maximum Gasteiger partial charge on any atom is 0.266 e. The van der Waals surface area contributed by atoms with Gasteiger partial charge in [-0.2, -0.15) is 0 Å². The van der Waals surface area contributed by atoms with Crippen molar-refractivity contribution in [3.63, 3.8) is 0 Å². The van der Waals surface area contributed by atoms with Gasteiger partial charge in [0.25, 0.3) is 5.91 Å². The third-order valence-corrected chi connectivity index (χ3v) is 4.53. The molecule has 0 saturated heterocycles. The third kappa shape index (κ3) is 3.00. The van der Waals surface area contributed by atoms with E-state index in [1.807, 2.05) is 32.0 Å². The molecule has 2 aromatic rings. The number of nitrogens with two attached hydrogens (primary N) is 1. The number of amides is 2. The van der Waals surface area contributed by atoms with Crippen molar-refractivity contribution in [1.82, 2.24) is 10.2 Å². The van der Waals surface area contributed by atoms with E-state index in [9.17, 15) is 9.59 Å². The number of benzene rings is 1. The van der Waals surface area contributed by atoms with E-state index in [1.165, 1.54) is 16.2 Å². The normalized spacial score (nSPS) is 10.6. The Kier molecular flexibility index (Phi) is 4.47. The van der Waals surface area contributed by atoms with Gasteiger partial charge >= 0.3 is 0 Å². The van der Waals surface area contributed by atoms with Crippen LogP contribution in [-0.4, -0.2) is 36.9 Å². The largest absolute Gasteiger partial charge is 0.397 e. The van der Waals surface area contributed by atoms with Gasteiger partial charge in [-0.25, -0.2) is 0 Å². The maximum atomic E-state index is 12.6. The van der Waals surface area contributed by atoms with Gasteiger partial charge < -0.3 is 16.0 Å². The predicted molar refractivity (Wildman–Crippen MR) is 86.6 cm³/mol. The molecule has 0 aliphatic carbocycles. The van der Waals surface area contributed by atoms with E-state index in [1.54, 1.807) is 7.05 Å². The van der Waals surface area contributed by atoms with Gasteiger partial charge in [0.1, 0.15) is 4.88 Å². The molecule has 1 aromatic carbocycles. The van der Waals surface area contributed by atoms with E-state index in [2.05, 4.69) is 5.32 Å². The molecule has 2 rings (SSSR count). The first-order chi connectivity index (χ1) is 9.97. The highest BCUT2D eigenvalue weighted by atomic mass is 32.1. The lowest BCUT2D eigenvalue weighted by Crippen LogP contribution is -2.39. The number of nitrogen functional groups attached to an aromatic ring is 1. The molecule has 0 aliphatic heterocycles. The molecule has 1 heterocycles. The van der Waals surface area contributed by atoms with Gasteiger partial charge in [-0.1, -0.05) is 11.6 Å². The summed E-state index contributed by atoms with van der Waals surface area (Å²) in [5.41, 5.74) is 7.73. The van der Waals surface area contributed by atoms with Crippen LogP contribution in [0.4, 0.5) is 5.69 Å². The first kappa shape index (κ1) is 15.3. The zero-order valence-electron chi connectivity index (χ0n) is 12.4. The van der Waals surface area contributed by atoms with E-state index < -0.39 is 0 Å². The van der Waals surface area contributed by atoms with Gasteiger partial charge in [-0.3, -0.25) is 9.59 Å². The smallest absolute Gasteiger partial charge is 0.266 e. The van der Waals surface area contributed by atoms with Crippen molar-refractivity contribution in [3.05, 3.63) is 28.6 Å². The van der Waals surface area contributed by atoms with E-state index in [-0.39, 0.29) is 18.4 Å². The molecule has 2 amide bonds. The minimum atomic E-state index is -0.197. The average molecular weight is 305 g/mol. The molecule has 0 bridgehead atoms. The quantitative estimate of drug-likeness (QED) is 0.907. The Morgan fingerprint density at radius 1 is 1.38 bits per heavy atom. The molecule has 5 nitrogen and oxygen atoms in total. The van der Waals surface area contributed by atoms with Crippen LogP contribution in [0.1, 0.15) is 22.2 Å². The standard InChI is InChI=1S/C15H19N3O2S/c1-4-18(8-12(19)17-3)15(20)14-13(16)10-7-9(2)5-6-11(10)21-14/h5-7H,4,8,16H2,1-3H3,(H,17,19). The number of anilines is 1. The maximum absolute atomic E-state index is 12.6. The van der Waals surface area contributed by atoms with Gasteiger partial charge in [-0.05, 0) is 26.0 Å². The summed E-state index contributed by atoms with van der Waals surface area (Å²) in [4.78, 5) is 26.1. The van der Waals surface area contributed by atoms with Crippen LogP contribution < -0.4 is 11.1 Å². The number of hydrogen-bond acceptors (Lipinski definition) is 4. The highest BCUT2D eigenvalue weighted by Crippen LogP contribution is 2.34. The average Bonchev–Trinajstić information content (AvgIpc) is 2.80. The molecule has 0 radical (unpaired) electrons. The molecule has 6 heteroatoms. The van der Waals surface area contributed by atoms with Crippen LogP contribution in [0.3, 0.4) is 0 Å². The first-order valence-corrected chi connectivity index (χ1v) is 7.58. The van der Waals surface area contributed by atoms with Gasteiger partial charge in [0, 0.05) is 23.7 Å². The van der Waals surface area contributed by atoms with Gasteiger partial charge in [0.15, 0.2) is 0 Å².